The van der Waals surface area contributed by atoms with Crippen molar-refractivity contribution in [3.05, 3.63) is 57.9 Å². The quantitative estimate of drug-likeness (QED) is 0.467. The first-order valence-electron chi connectivity index (χ1n) is 9.14. The molecule has 0 bridgehead atoms. The lowest BCUT2D eigenvalue weighted by Gasteiger charge is -2.20. The van der Waals surface area contributed by atoms with E-state index < -0.39 is 23.6 Å². The zero-order valence-corrected chi connectivity index (χ0v) is 16.9. The van der Waals surface area contributed by atoms with Gasteiger partial charge >= 0.3 is 11.6 Å². The van der Waals surface area contributed by atoms with Crippen LogP contribution in [0.25, 0.3) is 11.0 Å². The van der Waals surface area contributed by atoms with Gasteiger partial charge < -0.3 is 28.1 Å². The molecule has 2 heterocycles. The molecule has 0 radical (unpaired) electrons. The summed E-state index contributed by atoms with van der Waals surface area (Å²) in [5.74, 6) is 0.0534. The van der Waals surface area contributed by atoms with Gasteiger partial charge in [-0.3, -0.25) is 0 Å². The zero-order chi connectivity index (χ0) is 21.4. The van der Waals surface area contributed by atoms with Crippen LogP contribution in [0.3, 0.4) is 0 Å². The molecule has 2 atom stereocenters. The number of carbonyl (C=O) groups is 1. The van der Waals surface area contributed by atoms with Crippen molar-refractivity contribution in [3.63, 3.8) is 0 Å². The maximum atomic E-state index is 12.9. The fraction of sp³-hybridized carbons (Fsp3) is 0.273. The second kappa shape index (κ2) is 7.62. The van der Waals surface area contributed by atoms with E-state index in [1.165, 1.54) is 28.4 Å². The molecular weight excluding hydrogens is 392 g/mol. The molecule has 0 aliphatic carbocycles. The van der Waals surface area contributed by atoms with E-state index in [4.69, 9.17) is 28.1 Å². The minimum Gasteiger partial charge on any atom is -0.493 e. The van der Waals surface area contributed by atoms with Gasteiger partial charge in [0.1, 0.15) is 11.3 Å². The first-order chi connectivity index (χ1) is 14.5. The molecule has 0 unspecified atom stereocenters. The predicted octanol–water partition coefficient (Wildman–Crippen LogP) is 2.88. The van der Waals surface area contributed by atoms with E-state index in [2.05, 4.69) is 0 Å². The lowest BCUT2D eigenvalue weighted by atomic mass is 9.88. The summed E-state index contributed by atoms with van der Waals surface area (Å²) in [6.45, 7) is 0. The summed E-state index contributed by atoms with van der Waals surface area (Å²) >= 11 is 0. The number of para-hydroxylation sites is 1. The first-order valence-corrected chi connectivity index (χ1v) is 9.14. The highest BCUT2D eigenvalue weighted by Gasteiger charge is 2.45. The fourth-order valence-corrected chi connectivity index (χ4v) is 3.80. The van der Waals surface area contributed by atoms with E-state index in [0.717, 1.165) is 0 Å². The lowest BCUT2D eigenvalue weighted by molar-refractivity contribution is -0.148. The molecule has 1 aromatic heterocycles. The normalized spacial score (nSPS) is 17.2. The van der Waals surface area contributed by atoms with Crippen molar-refractivity contribution in [1.29, 1.82) is 0 Å². The van der Waals surface area contributed by atoms with Crippen LogP contribution in [0, 0.1) is 0 Å². The maximum absolute atomic E-state index is 12.9. The molecule has 1 aliphatic rings. The molecule has 30 heavy (non-hydrogen) atoms. The molecule has 0 N–H and O–H groups in total. The number of hydrogen-bond acceptors (Lipinski definition) is 8. The van der Waals surface area contributed by atoms with Crippen molar-refractivity contribution in [2.75, 3.05) is 28.4 Å². The molecule has 156 valence electrons. The fourth-order valence-electron chi connectivity index (χ4n) is 3.80. The van der Waals surface area contributed by atoms with Gasteiger partial charge in [-0.1, -0.05) is 12.1 Å². The molecular formula is C22H20O8. The number of rotatable bonds is 5. The Kier molecular flexibility index (Phi) is 4.99. The summed E-state index contributed by atoms with van der Waals surface area (Å²) in [7, 11) is 5.73. The van der Waals surface area contributed by atoms with Gasteiger partial charge in [-0.15, -0.1) is 0 Å². The largest absolute Gasteiger partial charge is 0.493 e. The van der Waals surface area contributed by atoms with Crippen LogP contribution in [0.4, 0.5) is 0 Å². The van der Waals surface area contributed by atoms with Gasteiger partial charge in [-0.05, 0) is 29.8 Å². The maximum Gasteiger partial charge on any atom is 0.348 e. The Morgan fingerprint density at radius 2 is 1.63 bits per heavy atom. The van der Waals surface area contributed by atoms with Crippen LogP contribution in [0.5, 0.6) is 23.0 Å². The van der Waals surface area contributed by atoms with Gasteiger partial charge in [-0.25, -0.2) is 9.59 Å². The van der Waals surface area contributed by atoms with Gasteiger partial charge in [-0.2, -0.15) is 0 Å². The van der Waals surface area contributed by atoms with Gasteiger partial charge in [0.25, 0.3) is 0 Å². The average molecular weight is 412 g/mol. The number of esters is 1. The standard InChI is InChI=1S/C22H20O8/c1-25-14-9-11(10-15(26-2)19(14)27-3)16-17-18(30-20(16)22(24)28-4)12-7-5-6-8-13(12)29-21(17)23/h5-10,16,20H,1-4H3/t16-,20-/m0/s1. The van der Waals surface area contributed by atoms with Crippen LogP contribution in [-0.4, -0.2) is 40.5 Å². The van der Waals surface area contributed by atoms with Crippen molar-refractivity contribution in [3.8, 4) is 23.0 Å². The minimum atomic E-state index is -1.08. The number of benzene rings is 2. The van der Waals surface area contributed by atoms with Crippen molar-refractivity contribution < 1.29 is 32.9 Å². The van der Waals surface area contributed by atoms with Crippen LogP contribution in [0.1, 0.15) is 17.0 Å². The highest BCUT2D eigenvalue weighted by molar-refractivity contribution is 5.88. The van der Waals surface area contributed by atoms with E-state index in [-0.39, 0.29) is 5.56 Å². The summed E-state index contributed by atoms with van der Waals surface area (Å²) in [6.07, 6.45) is -1.08. The van der Waals surface area contributed by atoms with Crippen molar-refractivity contribution in [1.82, 2.24) is 0 Å². The van der Waals surface area contributed by atoms with Crippen LogP contribution in [0.15, 0.2) is 45.6 Å². The molecule has 8 nitrogen and oxygen atoms in total. The van der Waals surface area contributed by atoms with E-state index in [0.29, 0.717) is 39.5 Å². The highest BCUT2D eigenvalue weighted by atomic mass is 16.6. The molecule has 2 aromatic carbocycles. The Labute approximate surface area is 171 Å². The van der Waals surface area contributed by atoms with Crippen molar-refractivity contribution >= 4 is 16.9 Å². The SMILES string of the molecule is COC(=O)[C@H]1Oc2c(c(=O)oc3ccccc23)[C@@H]1c1cc(OC)c(OC)c(OC)c1. The van der Waals surface area contributed by atoms with Crippen LogP contribution in [0.2, 0.25) is 0 Å². The topological polar surface area (TPSA) is 93.4 Å². The first kappa shape index (κ1) is 19.6. The van der Waals surface area contributed by atoms with Crippen molar-refractivity contribution in [2.24, 2.45) is 0 Å². The molecule has 0 spiro atoms. The molecule has 1 aliphatic heterocycles. The lowest BCUT2D eigenvalue weighted by Crippen LogP contribution is -2.31. The summed E-state index contributed by atoms with van der Waals surface area (Å²) < 4.78 is 32.6. The number of fused-ring (bicyclic) bond motifs is 3. The van der Waals surface area contributed by atoms with Crippen LogP contribution in [-0.2, 0) is 9.53 Å². The van der Waals surface area contributed by atoms with Gasteiger partial charge in [0.05, 0.1) is 45.3 Å². The smallest absolute Gasteiger partial charge is 0.348 e. The molecule has 0 saturated carbocycles. The van der Waals surface area contributed by atoms with Crippen molar-refractivity contribution in [2.45, 2.75) is 12.0 Å². The number of ether oxygens (including phenoxy) is 5. The molecule has 0 saturated heterocycles. The molecule has 4 rings (SSSR count). The average Bonchev–Trinajstić information content (AvgIpc) is 3.19. The van der Waals surface area contributed by atoms with E-state index >= 15 is 0 Å². The Morgan fingerprint density at radius 3 is 2.23 bits per heavy atom. The van der Waals surface area contributed by atoms with E-state index in [9.17, 15) is 9.59 Å². The van der Waals surface area contributed by atoms with Gasteiger partial charge in [0, 0.05) is 0 Å². The summed E-state index contributed by atoms with van der Waals surface area (Å²) in [5.41, 5.74) is 0.573. The second-order valence-electron chi connectivity index (χ2n) is 6.63. The summed E-state index contributed by atoms with van der Waals surface area (Å²) in [4.78, 5) is 25.5. The highest BCUT2D eigenvalue weighted by Crippen LogP contribution is 2.48. The number of carbonyl (C=O) groups excluding carboxylic acids is 1. The zero-order valence-electron chi connectivity index (χ0n) is 16.9. The third kappa shape index (κ3) is 2.92. The van der Waals surface area contributed by atoms with Crippen LogP contribution < -0.4 is 24.6 Å². The third-order valence-corrected chi connectivity index (χ3v) is 5.14. The van der Waals surface area contributed by atoms with E-state index in [1.807, 2.05) is 0 Å². The minimum absolute atomic E-state index is 0.235. The molecule has 3 aromatic rings. The Morgan fingerprint density at radius 1 is 0.967 bits per heavy atom. The molecule has 0 amide bonds. The second-order valence-corrected chi connectivity index (χ2v) is 6.63. The van der Waals surface area contributed by atoms with Gasteiger partial charge in [0.2, 0.25) is 11.9 Å². The summed E-state index contributed by atoms with van der Waals surface area (Å²) in [6, 6.07) is 10.3. The Bertz CT molecular complexity index is 1150. The molecule has 8 heteroatoms. The molecule has 0 fully saturated rings. The Balaban J connectivity index is 2.00. The predicted molar refractivity (Wildman–Crippen MR) is 107 cm³/mol. The summed E-state index contributed by atoms with van der Waals surface area (Å²) in [5, 5.41) is 0.593. The van der Waals surface area contributed by atoms with Gasteiger partial charge in [0.15, 0.2) is 11.5 Å². The van der Waals surface area contributed by atoms with E-state index in [1.54, 1.807) is 36.4 Å². The third-order valence-electron chi connectivity index (χ3n) is 5.14. The Hall–Kier alpha value is -3.68. The number of methoxy groups -OCH3 is 4. The monoisotopic (exact) mass is 412 g/mol. The number of hydrogen-bond donors (Lipinski definition) is 0. The van der Waals surface area contributed by atoms with Crippen LogP contribution >= 0.6 is 0 Å².